The predicted molar refractivity (Wildman–Crippen MR) is 70.9 cm³/mol. The van der Waals surface area contributed by atoms with E-state index in [2.05, 4.69) is 21.0 Å². The molecule has 0 saturated heterocycles. The average Bonchev–Trinajstić information content (AvgIpc) is 2.80. The molecule has 1 amide bonds. The molecular formula is C12H10BrN3O3. The highest BCUT2D eigenvalue weighted by molar-refractivity contribution is 9.10. The molecule has 98 valence electrons. The Hall–Kier alpha value is -2.15. The summed E-state index contributed by atoms with van der Waals surface area (Å²) in [7, 11) is 0. The van der Waals surface area contributed by atoms with Gasteiger partial charge in [0, 0.05) is 10.7 Å². The molecule has 3 N–H and O–H groups in total. The van der Waals surface area contributed by atoms with Gasteiger partial charge in [-0.2, -0.15) is 5.10 Å². The van der Waals surface area contributed by atoms with Gasteiger partial charge in [0.1, 0.15) is 5.69 Å². The monoisotopic (exact) mass is 323 g/mol. The zero-order valence-corrected chi connectivity index (χ0v) is 11.3. The van der Waals surface area contributed by atoms with Crippen molar-refractivity contribution in [1.82, 2.24) is 9.78 Å². The minimum atomic E-state index is -0.984. The Morgan fingerprint density at radius 1 is 1.37 bits per heavy atom. The fourth-order valence-corrected chi connectivity index (χ4v) is 2.07. The Labute approximate surface area is 117 Å². The smallest absolute Gasteiger partial charge is 0.335 e. The second-order valence-corrected chi connectivity index (χ2v) is 4.73. The fraction of sp³-hybridized carbons (Fsp3) is 0.0833. The number of amides is 1. The number of rotatable bonds is 4. The number of aromatic carboxylic acids is 1. The van der Waals surface area contributed by atoms with Gasteiger partial charge in [-0.25, -0.2) is 4.79 Å². The Balaban J connectivity index is 2.23. The second kappa shape index (κ2) is 5.23. The van der Waals surface area contributed by atoms with Gasteiger partial charge in [-0.05, 0) is 23.8 Å². The van der Waals surface area contributed by atoms with Gasteiger partial charge in [0.15, 0.2) is 0 Å². The van der Waals surface area contributed by atoms with Gasteiger partial charge in [-0.3, -0.25) is 9.48 Å². The summed E-state index contributed by atoms with van der Waals surface area (Å²) in [6.07, 6.45) is 1.64. The van der Waals surface area contributed by atoms with E-state index in [1.54, 1.807) is 16.9 Å². The number of nitrogens with two attached hydrogens (primary N) is 1. The Morgan fingerprint density at radius 3 is 2.63 bits per heavy atom. The molecule has 0 fully saturated rings. The topological polar surface area (TPSA) is 98.2 Å². The number of nitrogens with zero attached hydrogens (tertiary/aromatic N) is 2. The lowest BCUT2D eigenvalue weighted by Gasteiger charge is -2.06. The molecule has 0 aliphatic heterocycles. The van der Waals surface area contributed by atoms with Crippen molar-refractivity contribution in [3.63, 3.8) is 0 Å². The highest BCUT2D eigenvalue weighted by Crippen LogP contribution is 2.19. The standard InChI is InChI=1S/C12H10BrN3O3/c13-9-5-7(12(18)19)1-2-8(9)6-16-4-3-10(15-16)11(14)17/h1-5H,6H2,(H2,14,17)(H,18,19). The third-order valence-corrected chi connectivity index (χ3v) is 3.26. The molecule has 0 saturated carbocycles. The van der Waals surface area contributed by atoms with Crippen LogP contribution in [-0.2, 0) is 6.54 Å². The van der Waals surface area contributed by atoms with Crippen molar-refractivity contribution < 1.29 is 14.7 Å². The molecule has 7 heteroatoms. The summed E-state index contributed by atoms with van der Waals surface area (Å²) in [6, 6.07) is 6.26. The van der Waals surface area contributed by atoms with E-state index in [1.165, 1.54) is 18.2 Å². The van der Waals surface area contributed by atoms with E-state index in [9.17, 15) is 9.59 Å². The van der Waals surface area contributed by atoms with Crippen LogP contribution in [0.15, 0.2) is 34.9 Å². The molecule has 1 aromatic carbocycles. The Kier molecular flexibility index (Phi) is 3.66. The van der Waals surface area contributed by atoms with Crippen molar-refractivity contribution in [3.8, 4) is 0 Å². The minimum absolute atomic E-state index is 0.193. The van der Waals surface area contributed by atoms with Crippen LogP contribution in [0.25, 0.3) is 0 Å². The maximum absolute atomic E-state index is 10.9. The molecule has 1 aromatic heterocycles. The van der Waals surface area contributed by atoms with Gasteiger partial charge in [0.05, 0.1) is 12.1 Å². The molecule has 2 aromatic rings. The number of halogens is 1. The highest BCUT2D eigenvalue weighted by atomic mass is 79.9. The Morgan fingerprint density at radius 2 is 2.11 bits per heavy atom. The maximum Gasteiger partial charge on any atom is 0.335 e. The first kappa shape index (κ1) is 13.3. The average molecular weight is 324 g/mol. The number of aromatic nitrogens is 2. The van der Waals surface area contributed by atoms with E-state index in [4.69, 9.17) is 10.8 Å². The summed E-state index contributed by atoms with van der Waals surface area (Å²) in [5.74, 6) is -1.57. The predicted octanol–water partition coefficient (Wildman–Crippen LogP) is 1.49. The van der Waals surface area contributed by atoms with Gasteiger partial charge >= 0.3 is 5.97 Å². The largest absolute Gasteiger partial charge is 0.478 e. The number of carboxylic acid groups (broad SMARTS) is 1. The van der Waals surface area contributed by atoms with Crippen LogP contribution in [-0.4, -0.2) is 26.8 Å². The van der Waals surface area contributed by atoms with Gasteiger partial charge in [0.2, 0.25) is 0 Å². The summed E-state index contributed by atoms with van der Waals surface area (Å²) in [4.78, 5) is 21.7. The van der Waals surface area contributed by atoms with Crippen molar-refractivity contribution in [3.05, 3.63) is 51.8 Å². The van der Waals surface area contributed by atoms with Crippen molar-refractivity contribution in [2.45, 2.75) is 6.54 Å². The summed E-state index contributed by atoms with van der Waals surface area (Å²) >= 11 is 3.31. The molecule has 0 spiro atoms. The third kappa shape index (κ3) is 3.00. The third-order valence-electron chi connectivity index (χ3n) is 2.53. The minimum Gasteiger partial charge on any atom is -0.478 e. The second-order valence-electron chi connectivity index (χ2n) is 3.87. The van der Waals surface area contributed by atoms with Gasteiger partial charge in [-0.1, -0.05) is 22.0 Å². The number of hydrogen-bond acceptors (Lipinski definition) is 3. The van der Waals surface area contributed by atoms with E-state index in [1.807, 2.05) is 0 Å². The molecule has 0 aliphatic rings. The normalized spacial score (nSPS) is 10.4. The van der Waals surface area contributed by atoms with Crippen molar-refractivity contribution >= 4 is 27.8 Å². The lowest BCUT2D eigenvalue weighted by molar-refractivity contribution is 0.0696. The summed E-state index contributed by atoms with van der Waals surface area (Å²) < 4.78 is 2.23. The van der Waals surface area contributed by atoms with Crippen LogP contribution >= 0.6 is 15.9 Å². The van der Waals surface area contributed by atoms with Crippen molar-refractivity contribution in [2.24, 2.45) is 5.73 Å². The fourth-order valence-electron chi connectivity index (χ4n) is 1.56. The van der Waals surface area contributed by atoms with Crippen LogP contribution < -0.4 is 5.73 Å². The lowest BCUT2D eigenvalue weighted by atomic mass is 10.1. The zero-order valence-electron chi connectivity index (χ0n) is 9.71. The molecule has 6 nitrogen and oxygen atoms in total. The van der Waals surface area contributed by atoms with Crippen LogP contribution in [0.3, 0.4) is 0 Å². The number of carboxylic acids is 1. The number of carbonyl (C=O) groups excluding carboxylic acids is 1. The van der Waals surface area contributed by atoms with Crippen molar-refractivity contribution in [1.29, 1.82) is 0 Å². The molecular weight excluding hydrogens is 314 g/mol. The van der Waals surface area contributed by atoms with Crippen LogP contribution in [0.2, 0.25) is 0 Å². The van der Waals surface area contributed by atoms with Crippen LogP contribution in [0.5, 0.6) is 0 Å². The molecule has 0 atom stereocenters. The summed E-state index contributed by atoms with van der Waals surface area (Å²) in [6.45, 7) is 0.410. The maximum atomic E-state index is 10.9. The molecule has 0 unspecified atom stereocenters. The Bertz CT molecular complexity index is 651. The van der Waals surface area contributed by atoms with E-state index >= 15 is 0 Å². The molecule has 1 heterocycles. The molecule has 0 bridgehead atoms. The highest BCUT2D eigenvalue weighted by Gasteiger charge is 2.09. The first-order valence-corrected chi connectivity index (χ1v) is 6.11. The van der Waals surface area contributed by atoms with Gasteiger partial charge < -0.3 is 10.8 Å². The molecule has 2 rings (SSSR count). The van der Waals surface area contributed by atoms with Gasteiger partial charge in [0.25, 0.3) is 5.91 Å². The van der Waals surface area contributed by atoms with Crippen LogP contribution in [0.1, 0.15) is 26.4 Å². The quantitative estimate of drug-likeness (QED) is 0.890. The van der Waals surface area contributed by atoms with E-state index < -0.39 is 11.9 Å². The lowest BCUT2D eigenvalue weighted by Crippen LogP contribution is -2.12. The van der Waals surface area contributed by atoms with E-state index in [0.717, 1.165) is 5.56 Å². The van der Waals surface area contributed by atoms with E-state index in [-0.39, 0.29) is 11.3 Å². The number of hydrogen-bond donors (Lipinski definition) is 2. The summed E-state index contributed by atoms with van der Waals surface area (Å²) in [5, 5.41) is 12.9. The summed E-state index contributed by atoms with van der Waals surface area (Å²) in [5.41, 5.74) is 6.36. The first-order valence-electron chi connectivity index (χ1n) is 5.32. The van der Waals surface area contributed by atoms with E-state index in [0.29, 0.717) is 11.0 Å². The number of carbonyl (C=O) groups is 2. The molecule has 0 radical (unpaired) electrons. The van der Waals surface area contributed by atoms with Crippen LogP contribution in [0, 0.1) is 0 Å². The first-order chi connectivity index (χ1) is 8.97. The van der Waals surface area contributed by atoms with Gasteiger partial charge in [-0.15, -0.1) is 0 Å². The number of benzene rings is 1. The molecule has 0 aliphatic carbocycles. The number of primary amides is 1. The zero-order chi connectivity index (χ0) is 14.0. The molecule has 19 heavy (non-hydrogen) atoms. The van der Waals surface area contributed by atoms with Crippen LogP contribution in [0.4, 0.5) is 0 Å². The van der Waals surface area contributed by atoms with Crippen molar-refractivity contribution in [2.75, 3.05) is 0 Å². The SMILES string of the molecule is NC(=O)c1ccn(Cc2ccc(C(=O)O)cc2Br)n1.